The fourth-order valence-electron chi connectivity index (χ4n) is 3.11. The van der Waals surface area contributed by atoms with E-state index in [2.05, 4.69) is 25.3 Å². The van der Waals surface area contributed by atoms with Gasteiger partial charge in [0.1, 0.15) is 6.10 Å². The van der Waals surface area contributed by atoms with Crippen LogP contribution in [0.3, 0.4) is 0 Å². The van der Waals surface area contributed by atoms with Gasteiger partial charge in [0.2, 0.25) is 0 Å². The van der Waals surface area contributed by atoms with Gasteiger partial charge in [-0.15, -0.1) is 6.58 Å². The monoisotopic (exact) mass is 232 g/mol. The van der Waals surface area contributed by atoms with E-state index < -0.39 is 0 Å². The third kappa shape index (κ3) is 2.51. The number of esters is 1. The summed E-state index contributed by atoms with van der Waals surface area (Å²) in [5, 5.41) is 0. The number of carbonyl (C=O) groups is 1. The lowest BCUT2D eigenvalue weighted by Gasteiger charge is -2.27. The molecule has 4 atom stereocenters. The molecule has 0 amide bonds. The van der Waals surface area contributed by atoms with Gasteiger partial charge in [-0.2, -0.15) is 0 Å². The van der Waals surface area contributed by atoms with Gasteiger partial charge in [-0.05, 0) is 31.6 Å². The van der Waals surface area contributed by atoms with Crippen LogP contribution in [0.2, 0.25) is 0 Å². The Labute approximate surface area is 103 Å². The van der Waals surface area contributed by atoms with Crippen molar-refractivity contribution in [2.45, 2.75) is 31.8 Å². The molecule has 2 aliphatic rings. The molecular weight excluding hydrogens is 212 g/mol. The van der Waals surface area contributed by atoms with Crippen molar-refractivity contribution < 1.29 is 9.53 Å². The molecule has 0 heterocycles. The van der Waals surface area contributed by atoms with Crippen LogP contribution in [-0.4, -0.2) is 12.1 Å². The Kier molecular flexibility index (Phi) is 3.82. The van der Waals surface area contributed by atoms with E-state index in [1.807, 2.05) is 6.08 Å². The lowest BCUT2D eigenvalue weighted by Crippen LogP contribution is -2.30. The molecule has 1 fully saturated rings. The molecule has 17 heavy (non-hydrogen) atoms. The second-order valence-corrected chi connectivity index (χ2v) is 4.94. The highest BCUT2D eigenvalue weighted by Crippen LogP contribution is 2.47. The molecule has 0 aromatic rings. The zero-order valence-corrected chi connectivity index (χ0v) is 10.2. The Morgan fingerprint density at radius 1 is 1.35 bits per heavy atom. The Morgan fingerprint density at radius 3 is 2.82 bits per heavy atom. The summed E-state index contributed by atoms with van der Waals surface area (Å²) in [5.41, 5.74) is 0. The fourth-order valence-corrected chi connectivity index (χ4v) is 3.11. The summed E-state index contributed by atoms with van der Waals surface area (Å²) in [5.74, 6) is 1.24. The molecule has 0 aromatic carbocycles. The molecule has 0 aromatic heterocycles. The first-order valence-corrected chi connectivity index (χ1v) is 6.38. The summed E-state index contributed by atoms with van der Waals surface area (Å²) in [6, 6.07) is 0. The van der Waals surface area contributed by atoms with Crippen molar-refractivity contribution in [3.05, 3.63) is 37.5 Å². The van der Waals surface area contributed by atoms with E-state index in [4.69, 9.17) is 4.74 Å². The first-order valence-electron chi connectivity index (χ1n) is 6.38. The topological polar surface area (TPSA) is 26.3 Å². The van der Waals surface area contributed by atoms with Crippen molar-refractivity contribution in [1.29, 1.82) is 0 Å². The first kappa shape index (κ1) is 12.2. The van der Waals surface area contributed by atoms with Crippen molar-refractivity contribution >= 4 is 5.97 Å². The van der Waals surface area contributed by atoms with E-state index >= 15 is 0 Å². The smallest absolute Gasteiger partial charge is 0.330 e. The van der Waals surface area contributed by atoms with Gasteiger partial charge in [0, 0.05) is 17.9 Å². The summed E-state index contributed by atoms with van der Waals surface area (Å²) in [6.07, 6.45) is 12.2. The molecule has 2 aliphatic carbocycles. The molecule has 0 radical (unpaired) electrons. The van der Waals surface area contributed by atoms with Crippen LogP contribution in [0, 0.1) is 17.8 Å². The lowest BCUT2D eigenvalue weighted by molar-refractivity contribution is -0.146. The van der Waals surface area contributed by atoms with Gasteiger partial charge in [0.25, 0.3) is 0 Å². The van der Waals surface area contributed by atoms with Crippen LogP contribution < -0.4 is 0 Å². The second kappa shape index (κ2) is 5.35. The van der Waals surface area contributed by atoms with Crippen molar-refractivity contribution in [3.63, 3.8) is 0 Å². The van der Waals surface area contributed by atoms with E-state index in [1.165, 1.54) is 6.08 Å². The Bertz CT molecular complexity index is 343. The van der Waals surface area contributed by atoms with E-state index in [0.717, 1.165) is 25.7 Å². The summed E-state index contributed by atoms with van der Waals surface area (Å²) in [6.45, 7) is 7.20. The van der Waals surface area contributed by atoms with Gasteiger partial charge < -0.3 is 4.74 Å². The van der Waals surface area contributed by atoms with E-state index in [1.54, 1.807) is 0 Å². The van der Waals surface area contributed by atoms with Crippen LogP contribution in [0.25, 0.3) is 0 Å². The molecule has 2 rings (SSSR count). The average Bonchev–Trinajstić information content (AvgIpc) is 2.91. The van der Waals surface area contributed by atoms with E-state index in [9.17, 15) is 4.79 Å². The van der Waals surface area contributed by atoms with Gasteiger partial charge in [-0.25, -0.2) is 4.79 Å². The van der Waals surface area contributed by atoms with E-state index in [-0.39, 0.29) is 12.1 Å². The molecule has 0 saturated heterocycles. The minimum absolute atomic E-state index is 0.0697. The van der Waals surface area contributed by atoms with Gasteiger partial charge >= 0.3 is 5.97 Å². The van der Waals surface area contributed by atoms with Crippen molar-refractivity contribution in [3.8, 4) is 0 Å². The number of hydrogen-bond donors (Lipinski definition) is 0. The zero-order valence-electron chi connectivity index (χ0n) is 10.2. The quantitative estimate of drug-likeness (QED) is 0.304. The highest BCUT2D eigenvalue weighted by molar-refractivity contribution is 5.81. The van der Waals surface area contributed by atoms with Crippen LogP contribution in [-0.2, 0) is 9.53 Å². The van der Waals surface area contributed by atoms with Gasteiger partial charge in [0.15, 0.2) is 0 Å². The average molecular weight is 232 g/mol. The van der Waals surface area contributed by atoms with Gasteiger partial charge in [0.05, 0.1) is 0 Å². The summed E-state index contributed by atoms with van der Waals surface area (Å²) in [7, 11) is 0. The van der Waals surface area contributed by atoms with Gasteiger partial charge in [-0.1, -0.05) is 24.8 Å². The number of unbranched alkanes of at least 4 members (excludes halogenated alkanes) is 1. The van der Waals surface area contributed by atoms with Crippen molar-refractivity contribution in [2.24, 2.45) is 17.8 Å². The third-order valence-corrected chi connectivity index (χ3v) is 3.91. The molecule has 0 aliphatic heterocycles. The number of rotatable bonds is 6. The Balaban J connectivity index is 1.96. The third-order valence-electron chi connectivity index (χ3n) is 3.91. The number of hydrogen-bond acceptors (Lipinski definition) is 2. The Morgan fingerprint density at radius 2 is 2.12 bits per heavy atom. The molecular formula is C15H20O2. The molecule has 2 heteroatoms. The summed E-state index contributed by atoms with van der Waals surface area (Å²) < 4.78 is 5.50. The van der Waals surface area contributed by atoms with Crippen LogP contribution in [0.1, 0.15) is 25.7 Å². The summed E-state index contributed by atoms with van der Waals surface area (Å²) in [4.78, 5) is 11.3. The molecule has 1 saturated carbocycles. The number of fused-ring (bicyclic) bond motifs is 2. The number of allylic oxidation sites excluding steroid dienone is 2. The molecule has 0 spiro atoms. The molecule has 92 valence electrons. The largest absolute Gasteiger partial charge is 0.458 e. The number of ether oxygens (including phenoxy) is 1. The summed E-state index contributed by atoms with van der Waals surface area (Å²) >= 11 is 0. The maximum atomic E-state index is 11.3. The Hall–Kier alpha value is -1.31. The highest BCUT2D eigenvalue weighted by Gasteiger charge is 2.45. The van der Waals surface area contributed by atoms with Crippen LogP contribution >= 0.6 is 0 Å². The maximum Gasteiger partial charge on any atom is 0.330 e. The second-order valence-electron chi connectivity index (χ2n) is 4.94. The predicted molar refractivity (Wildman–Crippen MR) is 68.4 cm³/mol. The van der Waals surface area contributed by atoms with Crippen LogP contribution in [0.5, 0.6) is 0 Å². The SMILES string of the molecule is C=CCCC[C@@H]1[C@@H](OC(=O)C=C)[C@H]2C=C[C@@H]1C2. The minimum Gasteiger partial charge on any atom is -0.458 e. The van der Waals surface area contributed by atoms with Crippen molar-refractivity contribution in [2.75, 3.05) is 0 Å². The molecule has 0 unspecified atom stereocenters. The molecule has 2 nitrogen and oxygen atoms in total. The van der Waals surface area contributed by atoms with Gasteiger partial charge in [-0.3, -0.25) is 0 Å². The fraction of sp³-hybridized carbons (Fsp3) is 0.533. The van der Waals surface area contributed by atoms with Crippen molar-refractivity contribution in [1.82, 2.24) is 0 Å². The number of carbonyl (C=O) groups excluding carboxylic acids is 1. The minimum atomic E-state index is -0.287. The predicted octanol–water partition coefficient (Wildman–Crippen LogP) is 3.26. The standard InChI is InChI=1S/C15H20O2/c1-3-5-6-7-13-11-8-9-12(10-11)15(13)17-14(16)4-2/h3-4,8-9,11-13,15H,1-2,5-7,10H2/t11-,12+,13+,15+/m1/s1. The molecule has 0 N–H and O–H groups in total. The van der Waals surface area contributed by atoms with Crippen LogP contribution in [0.15, 0.2) is 37.5 Å². The normalized spacial score (nSPS) is 33.6. The lowest BCUT2D eigenvalue weighted by atomic mass is 9.86. The van der Waals surface area contributed by atoms with Crippen LogP contribution in [0.4, 0.5) is 0 Å². The maximum absolute atomic E-state index is 11.3. The first-order chi connectivity index (χ1) is 8.26. The van der Waals surface area contributed by atoms with E-state index in [0.29, 0.717) is 17.8 Å². The molecule has 2 bridgehead atoms. The zero-order chi connectivity index (χ0) is 12.3. The highest BCUT2D eigenvalue weighted by atomic mass is 16.5.